The van der Waals surface area contributed by atoms with Crippen molar-refractivity contribution in [2.75, 3.05) is 27.2 Å². The molecule has 28 heavy (non-hydrogen) atoms. The van der Waals surface area contributed by atoms with Crippen molar-refractivity contribution >= 4 is 33.6 Å². The van der Waals surface area contributed by atoms with Gasteiger partial charge in [0.1, 0.15) is 11.3 Å². The minimum Gasteiger partial charge on any atom is -0.494 e. The molecule has 3 aromatic rings. The van der Waals surface area contributed by atoms with Crippen molar-refractivity contribution in [2.24, 2.45) is 0 Å². The molecule has 1 fully saturated rings. The number of nitrogens with zero attached hydrogens (tertiary/aromatic N) is 1. The molecule has 0 aliphatic carbocycles. The van der Waals surface area contributed by atoms with Crippen molar-refractivity contribution in [3.63, 3.8) is 0 Å². The van der Waals surface area contributed by atoms with Crippen LogP contribution in [0.4, 0.5) is 0 Å². The summed E-state index contributed by atoms with van der Waals surface area (Å²) in [7, 11) is 4.10. The first-order chi connectivity index (χ1) is 13.5. The molecule has 2 aromatic carbocycles. The van der Waals surface area contributed by atoms with Crippen molar-refractivity contribution in [3.05, 3.63) is 42.2 Å². The first-order valence-electron chi connectivity index (χ1n) is 9.58. The van der Waals surface area contributed by atoms with Crippen LogP contribution in [0, 0.1) is 0 Å². The number of fused-ring (bicyclic) bond motifs is 3. The monoisotopic (exact) mass is 380 g/mol. The molecule has 6 nitrogen and oxygen atoms in total. The number of carbonyl (C=O) groups is 2. The van der Waals surface area contributed by atoms with Crippen LogP contribution in [0.5, 0.6) is 5.75 Å². The van der Waals surface area contributed by atoms with Crippen LogP contribution in [-0.4, -0.2) is 44.0 Å². The third-order valence-electron chi connectivity index (χ3n) is 5.19. The van der Waals surface area contributed by atoms with Gasteiger partial charge in [-0.1, -0.05) is 6.07 Å². The van der Waals surface area contributed by atoms with E-state index in [0.717, 1.165) is 46.0 Å². The highest BCUT2D eigenvalue weighted by atomic mass is 16.5. The molecule has 0 spiro atoms. The molecule has 0 radical (unpaired) electrons. The van der Waals surface area contributed by atoms with E-state index < -0.39 is 0 Å². The van der Waals surface area contributed by atoms with Crippen LogP contribution in [-0.2, 0) is 9.59 Å². The molecule has 2 heterocycles. The molecule has 1 aromatic heterocycles. The zero-order valence-electron chi connectivity index (χ0n) is 16.2. The predicted molar refractivity (Wildman–Crippen MR) is 108 cm³/mol. The SMILES string of the molecule is CN(C)CCCOc1ccc2c(ccc3occ([C@H]4CCC(=O)NC4=O)c32)c1. The zero-order valence-corrected chi connectivity index (χ0v) is 16.2. The van der Waals surface area contributed by atoms with Gasteiger partial charge in [-0.05, 0) is 62.0 Å². The van der Waals surface area contributed by atoms with E-state index in [9.17, 15) is 9.59 Å². The molecule has 0 unspecified atom stereocenters. The lowest BCUT2D eigenvalue weighted by molar-refractivity contribution is -0.134. The minimum atomic E-state index is -0.369. The smallest absolute Gasteiger partial charge is 0.234 e. The molecule has 6 heteroatoms. The van der Waals surface area contributed by atoms with Crippen LogP contribution in [0.2, 0.25) is 0 Å². The number of amides is 2. The van der Waals surface area contributed by atoms with Crippen LogP contribution >= 0.6 is 0 Å². The van der Waals surface area contributed by atoms with Gasteiger partial charge in [-0.15, -0.1) is 0 Å². The zero-order chi connectivity index (χ0) is 19.7. The van der Waals surface area contributed by atoms with E-state index in [1.165, 1.54) is 0 Å². The molecular weight excluding hydrogens is 356 g/mol. The highest BCUT2D eigenvalue weighted by Gasteiger charge is 2.30. The lowest BCUT2D eigenvalue weighted by Crippen LogP contribution is -2.39. The van der Waals surface area contributed by atoms with Crippen LogP contribution in [0.3, 0.4) is 0 Å². The molecule has 1 atom stereocenters. The van der Waals surface area contributed by atoms with E-state index in [2.05, 4.69) is 10.2 Å². The van der Waals surface area contributed by atoms with Crippen molar-refractivity contribution in [3.8, 4) is 5.75 Å². The van der Waals surface area contributed by atoms with Crippen LogP contribution in [0.1, 0.15) is 30.7 Å². The number of piperidine rings is 1. The van der Waals surface area contributed by atoms with Crippen molar-refractivity contribution < 1.29 is 18.7 Å². The Hall–Kier alpha value is -2.86. The number of hydrogen-bond donors (Lipinski definition) is 1. The molecule has 1 saturated heterocycles. The first-order valence-corrected chi connectivity index (χ1v) is 9.58. The summed E-state index contributed by atoms with van der Waals surface area (Å²) in [5.74, 6) is -0.00469. The molecular formula is C22H24N2O4. The van der Waals surface area contributed by atoms with Crippen LogP contribution < -0.4 is 10.1 Å². The fraction of sp³-hybridized carbons (Fsp3) is 0.364. The predicted octanol–water partition coefficient (Wildman–Crippen LogP) is 3.44. The Bertz CT molecular complexity index is 1040. The summed E-state index contributed by atoms with van der Waals surface area (Å²) >= 11 is 0. The molecule has 4 rings (SSSR count). The highest BCUT2D eigenvalue weighted by Crippen LogP contribution is 2.37. The summed E-state index contributed by atoms with van der Waals surface area (Å²) in [6, 6.07) is 9.92. The van der Waals surface area contributed by atoms with E-state index in [1.54, 1.807) is 6.26 Å². The average Bonchev–Trinajstić information content (AvgIpc) is 3.09. The van der Waals surface area contributed by atoms with Gasteiger partial charge < -0.3 is 14.1 Å². The van der Waals surface area contributed by atoms with Gasteiger partial charge in [0.15, 0.2) is 0 Å². The Morgan fingerprint density at radius 2 is 2.07 bits per heavy atom. The van der Waals surface area contributed by atoms with Crippen LogP contribution in [0.25, 0.3) is 21.7 Å². The fourth-order valence-corrected chi connectivity index (χ4v) is 3.78. The Morgan fingerprint density at radius 3 is 2.86 bits per heavy atom. The maximum absolute atomic E-state index is 12.3. The lowest BCUT2D eigenvalue weighted by atomic mass is 9.89. The summed E-state index contributed by atoms with van der Waals surface area (Å²) in [5.41, 5.74) is 1.58. The van der Waals surface area contributed by atoms with Gasteiger partial charge in [0.25, 0.3) is 0 Å². The van der Waals surface area contributed by atoms with E-state index in [1.807, 2.05) is 44.4 Å². The van der Waals surface area contributed by atoms with Gasteiger partial charge in [-0.25, -0.2) is 0 Å². The quantitative estimate of drug-likeness (QED) is 0.524. The first kappa shape index (κ1) is 18.5. The summed E-state index contributed by atoms with van der Waals surface area (Å²) in [6.07, 6.45) is 3.46. The Labute approximate surface area is 163 Å². The number of benzene rings is 2. The van der Waals surface area contributed by atoms with Gasteiger partial charge in [0, 0.05) is 23.9 Å². The minimum absolute atomic E-state index is 0.213. The Kier molecular flexibility index (Phi) is 5.05. The number of rotatable bonds is 6. The summed E-state index contributed by atoms with van der Waals surface area (Å²) in [6.45, 7) is 1.65. The summed E-state index contributed by atoms with van der Waals surface area (Å²) in [5, 5.41) is 5.42. The van der Waals surface area contributed by atoms with Gasteiger partial charge in [0.05, 0.1) is 18.8 Å². The second-order valence-electron chi connectivity index (χ2n) is 7.52. The molecule has 2 amide bonds. The molecule has 1 aliphatic heterocycles. The lowest BCUT2D eigenvalue weighted by Gasteiger charge is -2.20. The number of carbonyl (C=O) groups excluding carboxylic acids is 2. The van der Waals surface area contributed by atoms with Crippen molar-refractivity contribution in [1.82, 2.24) is 10.2 Å². The number of imide groups is 1. The van der Waals surface area contributed by atoms with Crippen LogP contribution in [0.15, 0.2) is 41.0 Å². The second-order valence-corrected chi connectivity index (χ2v) is 7.52. The van der Waals surface area contributed by atoms with E-state index in [0.29, 0.717) is 19.4 Å². The number of nitrogens with one attached hydrogen (secondary N) is 1. The summed E-state index contributed by atoms with van der Waals surface area (Å²) in [4.78, 5) is 25.9. The van der Waals surface area contributed by atoms with Crippen molar-refractivity contribution in [2.45, 2.75) is 25.2 Å². The number of hydrogen-bond acceptors (Lipinski definition) is 5. The molecule has 0 saturated carbocycles. The maximum Gasteiger partial charge on any atom is 0.234 e. The van der Waals surface area contributed by atoms with Gasteiger partial charge in [-0.3, -0.25) is 14.9 Å². The van der Waals surface area contributed by atoms with E-state index >= 15 is 0 Å². The van der Waals surface area contributed by atoms with Gasteiger partial charge in [-0.2, -0.15) is 0 Å². The fourth-order valence-electron chi connectivity index (χ4n) is 3.78. The molecule has 1 N–H and O–H groups in total. The maximum atomic E-state index is 12.3. The molecule has 146 valence electrons. The summed E-state index contributed by atoms with van der Waals surface area (Å²) < 4.78 is 11.6. The standard InChI is InChI=1S/C22H24N2O4/c1-24(2)10-3-11-27-15-5-6-16-14(12-15)4-8-19-21(16)18(13-28-19)17-7-9-20(25)23-22(17)26/h4-6,8,12-13,17H,3,7,9-11H2,1-2H3,(H,23,25,26)/t17-/m1/s1. The van der Waals surface area contributed by atoms with Gasteiger partial charge >= 0.3 is 0 Å². The largest absolute Gasteiger partial charge is 0.494 e. The molecule has 0 bridgehead atoms. The third kappa shape index (κ3) is 3.60. The Balaban J connectivity index is 1.64. The number of furan rings is 1. The topological polar surface area (TPSA) is 71.8 Å². The second kappa shape index (κ2) is 7.64. The number of ether oxygens (including phenoxy) is 1. The average molecular weight is 380 g/mol. The normalized spacial score (nSPS) is 17.5. The third-order valence-corrected chi connectivity index (χ3v) is 5.19. The van der Waals surface area contributed by atoms with E-state index in [-0.39, 0.29) is 17.7 Å². The Morgan fingerprint density at radius 1 is 1.21 bits per heavy atom. The highest BCUT2D eigenvalue weighted by molar-refractivity contribution is 6.10. The van der Waals surface area contributed by atoms with E-state index in [4.69, 9.17) is 9.15 Å². The van der Waals surface area contributed by atoms with Gasteiger partial charge in [0.2, 0.25) is 11.8 Å². The van der Waals surface area contributed by atoms with Crippen molar-refractivity contribution in [1.29, 1.82) is 0 Å². The molecule has 1 aliphatic rings.